The van der Waals surface area contributed by atoms with E-state index in [4.69, 9.17) is 10.3 Å². The lowest BCUT2D eigenvalue weighted by Crippen LogP contribution is -2.00. The highest BCUT2D eigenvalue weighted by Crippen LogP contribution is 2.27. The predicted molar refractivity (Wildman–Crippen MR) is 83.1 cm³/mol. The van der Waals surface area contributed by atoms with Crippen LogP contribution in [0.5, 0.6) is 5.75 Å². The van der Waals surface area contributed by atoms with Gasteiger partial charge in [-0.2, -0.15) is 4.79 Å². The van der Waals surface area contributed by atoms with E-state index in [2.05, 4.69) is 9.77 Å². The molecule has 0 aliphatic carbocycles. The number of Topliss-reactive ketones (excluding diaryl/α,β-unsaturated/α-hetero) is 1. The van der Waals surface area contributed by atoms with E-state index < -0.39 is 5.78 Å². The number of ether oxygens (including phenoxy) is 1. The van der Waals surface area contributed by atoms with Gasteiger partial charge in [0.2, 0.25) is 0 Å². The summed E-state index contributed by atoms with van der Waals surface area (Å²) >= 11 is 0. The molecule has 0 spiro atoms. The van der Waals surface area contributed by atoms with Gasteiger partial charge in [0.1, 0.15) is 12.4 Å². The quantitative estimate of drug-likeness (QED) is 0.339. The van der Waals surface area contributed by atoms with Gasteiger partial charge in [-0.15, -0.1) is 0 Å². The maximum atomic E-state index is 11.7. The molecule has 1 aromatic heterocycles. The molecule has 108 valence electrons. The maximum Gasteiger partial charge on any atom is 0.329 e. The van der Waals surface area contributed by atoms with Crippen LogP contribution in [0.15, 0.2) is 54.6 Å². The van der Waals surface area contributed by atoms with Crippen molar-refractivity contribution in [3.8, 4) is 5.75 Å². The minimum Gasteiger partial charge on any atom is -0.488 e. The van der Waals surface area contributed by atoms with Gasteiger partial charge < -0.3 is 15.3 Å². The molecule has 5 heteroatoms. The van der Waals surface area contributed by atoms with Crippen molar-refractivity contribution in [2.24, 2.45) is 0 Å². The number of H-pyrrole nitrogens is 1. The van der Waals surface area contributed by atoms with Crippen molar-refractivity contribution in [2.45, 2.75) is 6.61 Å². The summed E-state index contributed by atoms with van der Waals surface area (Å²) in [5, 5.41) is 0.813. The molecule has 1 N–H and O–H groups in total. The van der Waals surface area contributed by atoms with E-state index in [-0.39, 0.29) is 0 Å². The number of hydrogen-bond donors (Lipinski definition) is 1. The highest BCUT2D eigenvalue weighted by molar-refractivity contribution is 6.33. The summed E-state index contributed by atoms with van der Waals surface area (Å²) in [6.07, 6.45) is 0.856. The number of fused-ring (bicyclic) bond motifs is 1. The van der Waals surface area contributed by atoms with Gasteiger partial charge in [-0.3, -0.25) is 4.79 Å². The van der Waals surface area contributed by atoms with Crippen LogP contribution in [0.1, 0.15) is 16.1 Å². The minimum absolute atomic E-state index is 0.351. The van der Waals surface area contributed by atoms with E-state index >= 15 is 0 Å². The zero-order valence-electron chi connectivity index (χ0n) is 11.7. The summed E-state index contributed by atoms with van der Waals surface area (Å²) in [6.45, 7) is 0.451. The Balaban J connectivity index is 1.89. The number of aromatic amines is 1. The fraction of sp³-hybridized carbons (Fsp3) is 0.0588. The van der Waals surface area contributed by atoms with Crippen LogP contribution in [-0.2, 0) is 6.61 Å². The van der Waals surface area contributed by atoms with Crippen molar-refractivity contribution in [3.63, 3.8) is 0 Å². The molecule has 0 saturated heterocycles. The van der Waals surface area contributed by atoms with Crippen LogP contribution in [-0.4, -0.2) is 21.8 Å². The third-order valence-electron chi connectivity index (χ3n) is 3.30. The lowest BCUT2D eigenvalue weighted by atomic mass is 10.2. The molecule has 0 amide bonds. The second-order valence-corrected chi connectivity index (χ2v) is 4.78. The number of aromatic nitrogens is 1. The Morgan fingerprint density at radius 2 is 2.00 bits per heavy atom. The first-order valence-electron chi connectivity index (χ1n) is 6.78. The second kappa shape index (κ2) is 6.08. The van der Waals surface area contributed by atoms with Crippen molar-refractivity contribution in [3.05, 3.63) is 71.4 Å². The standard InChI is InChI=1S/C17H13N3O2/c18-19-10-16(21)15-9-13-14(20-15)7-4-8-17(13)22-11-12-5-2-1-3-6-12/h1-10,20H,11H2. The molecule has 0 aliphatic rings. The summed E-state index contributed by atoms with van der Waals surface area (Å²) in [7, 11) is 0. The number of hydrogen-bond acceptors (Lipinski definition) is 2. The highest BCUT2D eigenvalue weighted by atomic mass is 16.5. The molecular formula is C17H13N3O2. The van der Waals surface area contributed by atoms with Gasteiger partial charge in [0.15, 0.2) is 0 Å². The zero-order valence-corrected chi connectivity index (χ0v) is 11.7. The summed E-state index contributed by atoms with van der Waals surface area (Å²) in [5.74, 6) is 0.297. The molecule has 0 aliphatic heterocycles. The third-order valence-corrected chi connectivity index (χ3v) is 3.30. The van der Waals surface area contributed by atoms with Crippen LogP contribution in [0.4, 0.5) is 0 Å². The molecule has 22 heavy (non-hydrogen) atoms. The number of benzene rings is 2. The number of rotatable bonds is 5. The van der Waals surface area contributed by atoms with E-state index in [1.165, 1.54) is 0 Å². The van der Waals surface area contributed by atoms with E-state index in [0.717, 1.165) is 22.7 Å². The minimum atomic E-state index is -0.396. The van der Waals surface area contributed by atoms with E-state index in [9.17, 15) is 4.79 Å². The Labute approximate surface area is 126 Å². The Hall–Kier alpha value is -3.17. The molecular weight excluding hydrogens is 278 g/mol. The third kappa shape index (κ3) is 2.80. The van der Waals surface area contributed by atoms with Gasteiger partial charge >= 0.3 is 6.21 Å². The Bertz CT molecular complexity index is 862. The van der Waals surface area contributed by atoms with Crippen LogP contribution in [0.25, 0.3) is 16.4 Å². The first-order chi connectivity index (χ1) is 10.8. The topological polar surface area (TPSA) is 78.5 Å². The van der Waals surface area contributed by atoms with E-state index in [1.54, 1.807) is 6.07 Å². The van der Waals surface area contributed by atoms with Gasteiger partial charge in [0.05, 0.1) is 5.69 Å². The van der Waals surface area contributed by atoms with Gasteiger partial charge in [-0.25, -0.2) is 0 Å². The normalized spacial score (nSPS) is 10.2. The average Bonchev–Trinajstić information content (AvgIpc) is 2.99. The second-order valence-electron chi connectivity index (χ2n) is 4.78. The zero-order chi connectivity index (χ0) is 15.4. The molecule has 0 radical (unpaired) electrons. The number of nitrogens with zero attached hydrogens (tertiary/aromatic N) is 2. The number of nitrogens with one attached hydrogen (secondary N) is 1. The first kappa shape index (κ1) is 13.8. The highest BCUT2D eigenvalue weighted by Gasteiger charge is 2.13. The van der Waals surface area contributed by atoms with Crippen LogP contribution in [0.2, 0.25) is 0 Å². The SMILES string of the molecule is [N-]=[N+]=CC(=O)c1cc2c(OCc3ccccc3)cccc2[nH]1. The first-order valence-corrected chi connectivity index (χ1v) is 6.78. The number of carbonyl (C=O) groups is 1. The summed E-state index contributed by atoms with van der Waals surface area (Å²) in [4.78, 5) is 17.5. The van der Waals surface area contributed by atoms with E-state index in [1.807, 2.05) is 48.5 Å². The fourth-order valence-electron chi connectivity index (χ4n) is 2.24. The molecule has 3 rings (SSSR count). The van der Waals surface area contributed by atoms with Crippen LogP contribution in [0.3, 0.4) is 0 Å². The van der Waals surface area contributed by atoms with Gasteiger partial charge in [0, 0.05) is 10.9 Å². The van der Waals surface area contributed by atoms with Crippen molar-refractivity contribution in [1.82, 2.24) is 4.98 Å². The molecule has 3 aromatic rings. The molecule has 5 nitrogen and oxygen atoms in total. The Morgan fingerprint density at radius 1 is 1.18 bits per heavy atom. The summed E-state index contributed by atoms with van der Waals surface area (Å²) in [5.41, 5.74) is 10.7. The average molecular weight is 291 g/mol. The van der Waals surface area contributed by atoms with Crippen LogP contribution >= 0.6 is 0 Å². The van der Waals surface area contributed by atoms with Gasteiger partial charge in [-0.05, 0) is 23.8 Å². The molecule has 0 atom stereocenters. The Morgan fingerprint density at radius 3 is 2.77 bits per heavy atom. The predicted octanol–water partition coefficient (Wildman–Crippen LogP) is 3.23. The molecule has 0 fully saturated rings. The lowest BCUT2D eigenvalue weighted by Gasteiger charge is -2.07. The molecule has 0 unspecified atom stereocenters. The van der Waals surface area contributed by atoms with Gasteiger partial charge in [-0.1, -0.05) is 36.4 Å². The molecule has 2 aromatic carbocycles. The monoisotopic (exact) mass is 291 g/mol. The molecule has 1 heterocycles. The Kier molecular flexibility index (Phi) is 3.81. The molecule has 0 bridgehead atoms. The van der Waals surface area contributed by atoms with E-state index in [0.29, 0.717) is 18.1 Å². The van der Waals surface area contributed by atoms with Crippen molar-refractivity contribution < 1.29 is 14.3 Å². The largest absolute Gasteiger partial charge is 0.488 e. The van der Waals surface area contributed by atoms with Crippen LogP contribution < -0.4 is 4.74 Å². The lowest BCUT2D eigenvalue weighted by molar-refractivity contribution is 0.00231. The summed E-state index contributed by atoms with van der Waals surface area (Å²) < 4.78 is 5.84. The van der Waals surface area contributed by atoms with Crippen molar-refractivity contribution >= 4 is 22.9 Å². The number of ketones is 1. The van der Waals surface area contributed by atoms with Crippen molar-refractivity contribution in [1.29, 1.82) is 0 Å². The van der Waals surface area contributed by atoms with Crippen LogP contribution in [0, 0.1) is 0 Å². The summed E-state index contributed by atoms with van der Waals surface area (Å²) in [6, 6.07) is 17.1. The fourth-order valence-corrected chi connectivity index (χ4v) is 2.24. The smallest absolute Gasteiger partial charge is 0.329 e. The maximum absolute atomic E-state index is 11.7. The van der Waals surface area contributed by atoms with Crippen molar-refractivity contribution in [2.75, 3.05) is 0 Å². The molecule has 0 saturated carbocycles. The number of carbonyl (C=O) groups excluding carboxylic acids is 1. The van der Waals surface area contributed by atoms with Gasteiger partial charge in [0.25, 0.3) is 5.78 Å².